The number of alkyl halides is 1. The monoisotopic (exact) mass is 324 g/mol. The van der Waals surface area contributed by atoms with E-state index in [-0.39, 0.29) is 17.6 Å². The largest absolute Gasteiger partial charge is 0.356 e. The molecule has 1 N–H and O–H groups in total. The number of nitrogens with one attached hydrogen (secondary N) is 1. The first-order valence-electron chi connectivity index (χ1n) is 7.47. The molecule has 1 spiro atoms. The molecule has 4 rings (SSSR count). The Morgan fingerprint density at radius 1 is 1.26 bits per heavy atom. The summed E-state index contributed by atoms with van der Waals surface area (Å²) in [4.78, 5) is 10.1. The summed E-state index contributed by atoms with van der Waals surface area (Å²) in [6.45, 7) is 1.79. The Morgan fingerprint density at radius 3 is 2.74 bits per heavy atom. The first-order chi connectivity index (χ1) is 11.1. The number of hydrogen-bond acceptors (Lipinski definition) is 5. The van der Waals surface area contributed by atoms with Crippen molar-refractivity contribution < 1.29 is 17.9 Å². The van der Waals surface area contributed by atoms with E-state index in [2.05, 4.69) is 15.3 Å². The van der Waals surface area contributed by atoms with Gasteiger partial charge in [0.2, 0.25) is 0 Å². The van der Waals surface area contributed by atoms with Crippen LogP contribution in [0.3, 0.4) is 0 Å². The minimum atomic E-state index is -1.21. The van der Waals surface area contributed by atoms with E-state index >= 15 is 0 Å². The molecule has 0 saturated carbocycles. The number of fused-ring (bicyclic) bond motifs is 1. The van der Waals surface area contributed by atoms with Gasteiger partial charge in [-0.05, 0) is 0 Å². The molecule has 2 saturated heterocycles. The number of nitrogens with zero attached hydrogens (tertiary/aromatic N) is 3. The number of aromatic nitrogens is 2. The minimum absolute atomic E-state index is 0.108. The van der Waals surface area contributed by atoms with E-state index in [0.717, 1.165) is 12.1 Å². The van der Waals surface area contributed by atoms with Gasteiger partial charge in [-0.15, -0.1) is 0 Å². The van der Waals surface area contributed by atoms with Crippen molar-refractivity contribution in [1.82, 2.24) is 15.3 Å². The minimum Gasteiger partial charge on any atom is -0.356 e. The van der Waals surface area contributed by atoms with Crippen molar-refractivity contribution in [2.75, 3.05) is 31.1 Å². The van der Waals surface area contributed by atoms with Gasteiger partial charge in [0.05, 0.1) is 30.4 Å². The van der Waals surface area contributed by atoms with Crippen molar-refractivity contribution in [2.45, 2.75) is 18.3 Å². The van der Waals surface area contributed by atoms with Gasteiger partial charge in [0.15, 0.2) is 23.5 Å². The topological polar surface area (TPSA) is 50.3 Å². The fourth-order valence-electron chi connectivity index (χ4n) is 3.16. The first-order valence-corrected chi connectivity index (χ1v) is 7.47. The Morgan fingerprint density at radius 2 is 2.04 bits per heavy atom. The van der Waals surface area contributed by atoms with Gasteiger partial charge in [0, 0.05) is 31.6 Å². The Kier molecular flexibility index (Phi) is 3.38. The molecule has 2 aliphatic rings. The smallest absolute Gasteiger partial charge is 0.161 e. The van der Waals surface area contributed by atoms with Gasteiger partial charge in [-0.3, -0.25) is 10.3 Å². The zero-order chi connectivity index (χ0) is 16.0. The second-order valence-corrected chi connectivity index (χ2v) is 5.81. The molecule has 0 radical (unpaired) electrons. The van der Waals surface area contributed by atoms with Crippen LogP contribution in [0.4, 0.5) is 19.0 Å². The molecular formula is C15H15F3N4O. The van der Waals surface area contributed by atoms with Crippen LogP contribution in [-0.2, 0) is 4.74 Å². The maximum absolute atomic E-state index is 14.5. The van der Waals surface area contributed by atoms with Crippen LogP contribution < -0.4 is 10.2 Å². The first kappa shape index (κ1) is 14.6. The molecular weight excluding hydrogens is 309 g/mol. The van der Waals surface area contributed by atoms with Crippen LogP contribution >= 0.6 is 0 Å². The fourth-order valence-corrected chi connectivity index (χ4v) is 3.16. The molecule has 0 aliphatic carbocycles. The summed E-state index contributed by atoms with van der Waals surface area (Å²) in [5, 5.41) is 3.09. The van der Waals surface area contributed by atoms with Gasteiger partial charge in [-0.25, -0.2) is 18.2 Å². The van der Waals surface area contributed by atoms with Crippen LogP contribution in [0.2, 0.25) is 0 Å². The lowest BCUT2D eigenvalue weighted by Gasteiger charge is -2.41. The lowest BCUT2D eigenvalue weighted by atomic mass is 9.99. The number of rotatable bonds is 1. The van der Waals surface area contributed by atoms with Crippen molar-refractivity contribution in [3.05, 3.63) is 30.0 Å². The Hall–Kier alpha value is -1.93. The van der Waals surface area contributed by atoms with Gasteiger partial charge in [0.1, 0.15) is 5.82 Å². The lowest BCUT2D eigenvalue weighted by Crippen LogP contribution is -2.59. The molecule has 8 heteroatoms. The highest BCUT2D eigenvalue weighted by Crippen LogP contribution is 2.31. The number of benzene rings is 1. The van der Waals surface area contributed by atoms with Crippen LogP contribution in [0.15, 0.2) is 18.3 Å². The highest BCUT2D eigenvalue weighted by molar-refractivity contribution is 5.75. The molecule has 122 valence electrons. The quantitative estimate of drug-likeness (QED) is 0.866. The predicted octanol–water partition coefficient (Wildman–Crippen LogP) is 1.77. The fraction of sp³-hybridized carbons (Fsp3) is 0.467. The standard InChI is InChI=1S/C15H15F3N4O/c16-9-5-11-12(6-10(9)17)21-14(7-19-11)22-3-1-15(13(18)8-22)20-2-4-23-15/h5-7,13,20H,1-4,8H2/t13-,15-/m0/s1. The molecule has 5 nitrogen and oxygen atoms in total. The highest BCUT2D eigenvalue weighted by atomic mass is 19.2. The highest BCUT2D eigenvalue weighted by Gasteiger charge is 2.47. The van der Waals surface area contributed by atoms with Crippen LogP contribution in [0.25, 0.3) is 11.0 Å². The second kappa shape index (κ2) is 5.31. The molecule has 2 aromatic rings. The van der Waals surface area contributed by atoms with E-state index in [9.17, 15) is 13.2 Å². The molecule has 1 aromatic carbocycles. The van der Waals surface area contributed by atoms with Crippen LogP contribution in [0, 0.1) is 11.6 Å². The average molecular weight is 324 g/mol. The van der Waals surface area contributed by atoms with Gasteiger partial charge >= 0.3 is 0 Å². The summed E-state index contributed by atoms with van der Waals surface area (Å²) in [5.41, 5.74) is -0.401. The van der Waals surface area contributed by atoms with E-state index in [1.165, 1.54) is 6.20 Å². The van der Waals surface area contributed by atoms with Crippen molar-refractivity contribution >= 4 is 16.9 Å². The number of halogens is 3. The maximum Gasteiger partial charge on any atom is 0.161 e. The van der Waals surface area contributed by atoms with Gasteiger partial charge in [-0.1, -0.05) is 0 Å². The van der Waals surface area contributed by atoms with Gasteiger partial charge < -0.3 is 9.64 Å². The summed E-state index contributed by atoms with van der Waals surface area (Å²) in [6.07, 6.45) is 0.722. The molecule has 0 unspecified atom stereocenters. The van der Waals surface area contributed by atoms with Crippen molar-refractivity contribution in [3.63, 3.8) is 0 Å². The predicted molar refractivity (Wildman–Crippen MR) is 77.9 cm³/mol. The van der Waals surface area contributed by atoms with Crippen LogP contribution in [0.5, 0.6) is 0 Å². The molecule has 0 bridgehead atoms. The summed E-state index contributed by atoms with van der Waals surface area (Å²) < 4.78 is 46.6. The van der Waals surface area contributed by atoms with Crippen molar-refractivity contribution in [1.29, 1.82) is 0 Å². The maximum atomic E-state index is 14.5. The van der Waals surface area contributed by atoms with E-state index in [1.54, 1.807) is 4.90 Å². The molecule has 3 heterocycles. The van der Waals surface area contributed by atoms with Crippen LogP contribution in [0.1, 0.15) is 6.42 Å². The second-order valence-electron chi connectivity index (χ2n) is 5.81. The molecule has 1 aromatic heterocycles. The Labute approximate surface area is 130 Å². The Balaban J connectivity index is 1.61. The average Bonchev–Trinajstić information content (AvgIpc) is 3.01. The molecule has 2 atom stereocenters. The van der Waals surface area contributed by atoms with Crippen molar-refractivity contribution in [3.8, 4) is 0 Å². The third-order valence-electron chi connectivity index (χ3n) is 4.42. The summed E-state index contributed by atoms with van der Waals surface area (Å²) in [6, 6.07) is 2.00. The van der Waals surface area contributed by atoms with Crippen LogP contribution in [-0.4, -0.2) is 48.1 Å². The van der Waals surface area contributed by atoms with Gasteiger partial charge in [0.25, 0.3) is 0 Å². The summed E-state index contributed by atoms with van der Waals surface area (Å²) in [5.74, 6) is -1.50. The zero-order valence-corrected chi connectivity index (χ0v) is 12.2. The summed E-state index contributed by atoms with van der Waals surface area (Å²) >= 11 is 0. The number of hydrogen-bond donors (Lipinski definition) is 1. The third kappa shape index (κ3) is 2.42. The van der Waals surface area contributed by atoms with Gasteiger partial charge in [-0.2, -0.15) is 0 Å². The molecule has 2 aliphatic heterocycles. The molecule has 23 heavy (non-hydrogen) atoms. The number of anilines is 1. The van der Waals surface area contributed by atoms with E-state index in [4.69, 9.17) is 4.74 Å². The lowest BCUT2D eigenvalue weighted by molar-refractivity contribution is -0.0816. The van der Waals surface area contributed by atoms with E-state index in [1.807, 2.05) is 0 Å². The SMILES string of the molecule is Fc1cc2ncc(N3CC[C@@]4(NCCO4)[C@@H](F)C3)nc2cc1F. The summed E-state index contributed by atoms with van der Waals surface area (Å²) in [7, 11) is 0. The Bertz CT molecular complexity index is 751. The third-order valence-corrected chi connectivity index (χ3v) is 4.42. The number of ether oxygens (including phenoxy) is 1. The number of piperidine rings is 1. The molecule has 0 amide bonds. The normalized spacial score (nSPS) is 28.0. The van der Waals surface area contributed by atoms with Crippen molar-refractivity contribution in [2.24, 2.45) is 0 Å². The zero-order valence-electron chi connectivity index (χ0n) is 12.2. The van der Waals surface area contributed by atoms with E-state index in [0.29, 0.717) is 31.9 Å². The molecule has 2 fully saturated rings. The van der Waals surface area contributed by atoms with E-state index < -0.39 is 23.5 Å².